The summed E-state index contributed by atoms with van der Waals surface area (Å²) in [6.45, 7) is 5.73. The molecule has 2 aliphatic rings. The lowest BCUT2D eigenvalue weighted by atomic mass is 9.83. The van der Waals surface area contributed by atoms with Gasteiger partial charge >= 0.3 is 0 Å². The van der Waals surface area contributed by atoms with Crippen molar-refractivity contribution in [3.05, 3.63) is 53.7 Å². The topological polar surface area (TPSA) is 49.6 Å². The highest BCUT2D eigenvalue weighted by molar-refractivity contribution is 5.77. The first-order chi connectivity index (χ1) is 12.7. The SMILES string of the molecule is Cc1ccc(CCN2C(=O)CC[C@H]3CN(Cc4ccccn4)CC[C@H]32)o1. The molecular weight excluding hydrogens is 326 g/mol. The number of aromatic nitrogens is 1. The molecule has 5 nitrogen and oxygen atoms in total. The molecule has 2 aliphatic heterocycles. The van der Waals surface area contributed by atoms with Crippen molar-refractivity contribution in [2.24, 2.45) is 5.92 Å². The fraction of sp³-hybridized carbons (Fsp3) is 0.524. The third-order valence-corrected chi connectivity index (χ3v) is 5.73. The Labute approximate surface area is 155 Å². The van der Waals surface area contributed by atoms with Crippen molar-refractivity contribution in [3.8, 4) is 0 Å². The van der Waals surface area contributed by atoms with Crippen LogP contribution < -0.4 is 0 Å². The lowest BCUT2D eigenvalue weighted by Crippen LogP contribution is -2.56. The summed E-state index contributed by atoms with van der Waals surface area (Å²) < 4.78 is 5.68. The van der Waals surface area contributed by atoms with Gasteiger partial charge in [0.15, 0.2) is 0 Å². The van der Waals surface area contributed by atoms with Crippen LogP contribution in [0.1, 0.15) is 36.5 Å². The predicted molar refractivity (Wildman–Crippen MR) is 99.5 cm³/mol. The van der Waals surface area contributed by atoms with Gasteiger partial charge in [-0.05, 0) is 49.9 Å². The number of likely N-dealkylation sites (tertiary alicyclic amines) is 2. The minimum absolute atomic E-state index is 0.313. The van der Waals surface area contributed by atoms with Crippen LogP contribution in [0, 0.1) is 12.8 Å². The van der Waals surface area contributed by atoms with Gasteiger partial charge in [-0.1, -0.05) is 6.07 Å². The zero-order chi connectivity index (χ0) is 17.9. The monoisotopic (exact) mass is 353 g/mol. The number of hydrogen-bond acceptors (Lipinski definition) is 4. The Balaban J connectivity index is 1.37. The van der Waals surface area contributed by atoms with Crippen LogP contribution in [0.15, 0.2) is 40.9 Å². The maximum Gasteiger partial charge on any atom is 0.222 e. The zero-order valence-corrected chi connectivity index (χ0v) is 15.4. The van der Waals surface area contributed by atoms with E-state index in [-0.39, 0.29) is 0 Å². The van der Waals surface area contributed by atoms with E-state index in [1.54, 1.807) is 0 Å². The van der Waals surface area contributed by atoms with E-state index in [9.17, 15) is 4.79 Å². The molecule has 2 aromatic rings. The van der Waals surface area contributed by atoms with E-state index in [0.29, 0.717) is 24.3 Å². The van der Waals surface area contributed by atoms with Crippen LogP contribution in [0.2, 0.25) is 0 Å². The molecule has 1 amide bonds. The Morgan fingerprint density at radius 2 is 2.15 bits per heavy atom. The second kappa shape index (κ2) is 7.62. The predicted octanol–water partition coefficient (Wildman–Crippen LogP) is 3.04. The molecular formula is C21H27N3O2. The molecule has 4 rings (SSSR count). The van der Waals surface area contributed by atoms with E-state index < -0.39 is 0 Å². The van der Waals surface area contributed by atoms with Gasteiger partial charge in [-0.15, -0.1) is 0 Å². The molecule has 0 spiro atoms. The molecule has 138 valence electrons. The Kier molecular flexibility index (Phi) is 5.07. The largest absolute Gasteiger partial charge is 0.466 e. The van der Waals surface area contributed by atoms with E-state index in [0.717, 1.165) is 62.7 Å². The second-order valence-corrected chi connectivity index (χ2v) is 7.56. The van der Waals surface area contributed by atoms with E-state index in [2.05, 4.69) is 20.9 Å². The van der Waals surface area contributed by atoms with Crippen LogP contribution in [0.25, 0.3) is 0 Å². The third kappa shape index (κ3) is 3.83. The Bertz CT molecular complexity index is 743. The number of furan rings is 1. The fourth-order valence-corrected chi connectivity index (χ4v) is 4.43. The first-order valence-corrected chi connectivity index (χ1v) is 9.66. The minimum Gasteiger partial charge on any atom is -0.466 e. The van der Waals surface area contributed by atoms with Crippen LogP contribution in [0.4, 0.5) is 0 Å². The molecule has 2 saturated heterocycles. The Morgan fingerprint density at radius 3 is 2.92 bits per heavy atom. The van der Waals surface area contributed by atoms with Crippen molar-refractivity contribution >= 4 is 5.91 Å². The van der Waals surface area contributed by atoms with Crippen molar-refractivity contribution in [3.63, 3.8) is 0 Å². The summed E-state index contributed by atoms with van der Waals surface area (Å²) in [5.41, 5.74) is 1.13. The molecule has 2 aromatic heterocycles. The summed E-state index contributed by atoms with van der Waals surface area (Å²) in [7, 11) is 0. The lowest BCUT2D eigenvalue weighted by Gasteiger charge is -2.47. The molecule has 0 aliphatic carbocycles. The van der Waals surface area contributed by atoms with Crippen molar-refractivity contribution in [2.45, 2.75) is 45.2 Å². The van der Waals surface area contributed by atoms with Crippen molar-refractivity contribution < 1.29 is 9.21 Å². The lowest BCUT2D eigenvalue weighted by molar-refractivity contribution is -0.141. The number of hydrogen-bond donors (Lipinski definition) is 0. The second-order valence-electron chi connectivity index (χ2n) is 7.56. The molecule has 2 fully saturated rings. The highest BCUT2D eigenvalue weighted by atomic mass is 16.3. The summed E-state index contributed by atoms with van der Waals surface area (Å²) >= 11 is 0. The normalized spacial score (nSPS) is 23.9. The molecule has 2 atom stereocenters. The van der Waals surface area contributed by atoms with Crippen LogP contribution in [-0.2, 0) is 17.8 Å². The van der Waals surface area contributed by atoms with Gasteiger partial charge in [0.25, 0.3) is 0 Å². The third-order valence-electron chi connectivity index (χ3n) is 5.73. The molecule has 0 saturated carbocycles. The van der Waals surface area contributed by atoms with Crippen LogP contribution >= 0.6 is 0 Å². The minimum atomic E-state index is 0.313. The number of pyridine rings is 1. The summed E-state index contributed by atoms with van der Waals surface area (Å²) in [5, 5.41) is 0. The Hall–Kier alpha value is -2.14. The highest BCUT2D eigenvalue weighted by Gasteiger charge is 2.39. The smallest absolute Gasteiger partial charge is 0.222 e. The zero-order valence-electron chi connectivity index (χ0n) is 15.4. The number of carbonyl (C=O) groups is 1. The number of carbonyl (C=O) groups excluding carboxylic acids is 1. The standard InChI is InChI=1S/C21H27N3O2/c1-16-5-7-19(26-16)9-13-24-20-10-12-23(14-17(20)6-8-21(24)25)15-18-4-2-3-11-22-18/h2-5,7,11,17,20H,6,8-10,12-15H2,1H3/t17-,20+/m0/s1. The van der Waals surface area contributed by atoms with Gasteiger partial charge in [0.1, 0.15) is 11.5 Å². The van der Waals surface area contributed by atoms with E-state index >= 15 is 0 Å². The molecule has 0 radical (unpaired) electrons. The maximum absolute atomic E-state index is 12.5. The average molecular weight is 353 g/mol. The first-order valence-electron chi connectivity index (χ1n) is 9.66. The molecule has 0 bridgehead atoms. The Morgan fingerprint density at radius 1 is 1.23 bits per heavy atom. The number of piperidine rings is 2. The number of rotatable bonds is 5. The van der Waals surface area contributed by atoms with Gasteiger partial charge in [-0.2, -0.15) is 0 Å². The molecule has 0 unspecified atom stereocenters. The maximum atomic E-state index is 12.5. The first kappa shape index (κ1) is 17.3. The van der Waals surface area contributed by atoms with Gasteiger partial charge in [-0.3, -0.25) is 14.7 Å². The summed E-state index contributed by atoms with van der Waals surface area (Å²) in [4.78, 5) is 21.6. The summed E-state index contributed by atoms with van der Waals surface area (Å²) in [6, 6.07) is 10.5. The van der Waals surface area contributed by atoms with Gasteiger partial charge in [0, 0.05) is 51.3 Å². The molecule has 5 heteroatoms. The van der Waals surface area contributed by atoms with Crippen LogP contribution in [-0.4, -0.2) is 46.4 Å². The number of aryl methyl sites for hydroxylation is 1. The number of fused-ring (bicyclic) bond motifs is 1. The quantitative estimate of drug-likeness (QED) is 0.829. The van der Waals surface area contributed by atoms with E-state index in [1.807, 2.05) is 37.4 Å². The van der Waals surface area contributed by atoms with E-state index in [4.69, 9.17) is 4.42 Å². The van der Waals surface area contributed by atoms with Crippen molar-refractivity contribution in [1.29, 1.82) is 0 Å². The van der Waals surface area contributed by atoms with Gasteiger partial charge < -0.3 is 9.32 Å². The van der Waals surface area contributed by atoms with Crippen LogP contribution in [0.3, 0.4) is 0 Å². The van der Waals surface area contributed by atoms with E-state index in [1.165, 1.54) is 0 Å². The summed E-state index contributed by atoms with van der Waals surface area (Å²) in [6.07, 6.45) is 5.41. The molecule has 4 heterocycles. The van der Waals surface area contributed by atoms with Gasteiger partial charge in [0.2, 0.25) is 5.91 Å². The number of amides is 1. The van der Waals surface area contributed by atoms with Crippen LogP contribution in [0.5, 0.6) is 0 Å². The van der Waals surface area contributed by atoms with Gasteiger partial charge in [0.05, 0.1) is 5.69 Å². The molecule has 0 N–H and O–H groups in total. The number of nitrogens with zero attached hydrogens (tertiary/aromatic N) is 3. The average Bonchev–Trinajstić information content (AvgIpc) is 3.07. The van der Waals surface area contributed by atoms with Gasteiger partial charge in [-0.25, -0.2) is 0 Å². The molecule has 0 aromatic carbocycles. The summed E-state index contributed by atoms with van der Waals surface area (Å²) in [5.74, 6) is 2.80. The molecule has 26 heavy (non-hydrogen) atoms. The fourth-order valence-electron chi connectivity index (χ4n) is 4.43. The highest BCUT2D eigenvalue weighted by Crippen LogP contribution is 2.32. The van der Waals surface area contributed by atoms with Crippen molar-refractivity contribution in [1.82, 2.24) is 14.8 Å². The van der Waals surface area contributed by atoms with Crippen molar-refractivity contribution in [2.75, 3.05) is 19.6 Å².